The van der Waals surface area contributed by atoms with E-state index in [1.54, 1.807) is 0 Å². The van der Waals surface area contributed by atoms with Crippen molar-refractivity contribution in [1.82, 2.24) is 41.7 Å². The second kappa shape index (κ2) is 72.0. The van der Waals surface area contributed by atoms with Crippen LogP contribution in [0.4, 0.5) is 0 Å². The molecule has 0 spiro atoms. The Morgan fingerprint density at radius 1 is 0.337 bits per heavy atom. The highest BCUT2D eigenvalue weighted by Gasteiger charge is 2.19. The van der Waals surface area contributed by atoms with E-state index in [2.05, 4.69) is 79.9 Å². The number of nitrogens with two attached hydrogens (primary N) is 4. The third-order valence-electron chi connectivity index (χ3n) is 16.3. The number of hydrogen-bond acceptors (Lipinski definition) is 14. The van der Waals surface area contributed by atoms with Crippen molar-refractivity contribution in [1.29, 1.82) is 0 Å². The molecule has 0 bridgehead atoms. The highest BCUT2D eigenvalue weighted by Crippen LogP contribution is 2.13. The standard InChI is InChI=1S/C70H146N12O4/c1-3-5-7-9-11-13-15-17-19-21-23-25-27-29-31-33-57-81(59-41-55-79-69(83)67(77-53-39-47-73)43-35-49-75-51-37-45-71)61-63-85-65-66-86-64-62-82(58-34-32-30-28-26-24-22-20-18-16-14-12-10-8-6-4-2)60-42-56-80-70(84)68(78-54-40-48-74)44-36-50-76-52-38-46-72/h17-20,67-68,75-78H,3-16,21-66,71-74H2,1-2H3,(H,79,83)(H,80,84)/b19-17+,20-18+. The molecule has 0 fully saturated rings. The molecule has 510 valence electrons. The number of allylic oxidation sites excluding steroid dienone is 4. The van der Waals surface area contributed by atoms with Crippen molar-refractivity contribution in [2.75, 3.05) is 144 Å². The lowest BCUT2D eigenvalue weighted by Crippen LogP contribution is -2.45. The molecule has 2 amide bonds. The lowest BCUT2D eigenvalue weighted by Gasteiger charge is -2.24. The van der Waals surface area contributed by atoms with Gasteiger partial charge in [0.2, 0.25) is 11.8 Å². The van der Waals surface area contributed by atoms with Crippen molar-refractivity contribution in [3.05, 3.63) is 24.3 Å². The summed E-state index contributed by atoms with van der Waals surface area (Å²) in [5.41, 5.74) is 22.9. The average molecular weight is 1220 g/mol. The molecule has 16 heteroatoms. The van der Waals surface area contributed by atoms with E-state index in [-0.39, 0.29) is 23.9 Å². The number of hydrogen-bond donors (Lipinski definition) is 10. The number of unbranched alkanes of at least 4 members (excludes halogenated alkanes) is 24. The highest BCUT2D eigenvalue weighted by molar-refractivity contribution is 5.82. The highest BCUT2D eigenvalue weighted by atomic mass is 16.5. The molecule has 2 atom stereocenters. The minimum atomic E-state index is -0.210. The van der Waals surface area contributed by atoms with Crippen molar-refractivity contribution >= 4 is 11.8 Å². The second-order valence-electron chi connectivity index (χ2n) is 24.4. The van der Waals surface area contributed by atoms with Crippen LogP contribution in [0.3, 0.4) is 0 Å². The number of nitrogens with one attached hydrogen (secondary N) is 6. The molecule has 0 aliphatic carbocycles. The topological polar surface area (TPSA) is 235 Å². The fourth-order valence-corrected chi connectivity index (χ4v) is 10.8. The van der Waals surface area contributed by atoms with Gasteiger partial charge in [-0.2, -0.15) is 0 Å². The zero-order valence-electron chi connectivity index (χ0n) is 56.7. The maximum atomic E-state index is 13.4. The molecule has 14 N–H and O–H groups in total. The van der Waals surface area contributed by atoms with Crippen LogP contribution >= 0.6 is 0 Å². The van der Waals surface area contributed by atoms with Gasteiger partial charge in [-0.05, 0) is 220 Å². The Hall–Kier alpha value is -2.06. The van der Waals surface area contributed by atoms with E-state index in [1.165, 1.54) is 180 Å². The molecule has 16 nitrogen and oxygen atoms in total. The number of amides is 2. The minimum Gasteiger partial charge on any atom is -0.378 e. The van der Waals surface area contributed by atoms with Crippen LogP contribution < -0.4 is 54.8 Å². The van der Waals surface area contributed by atoms with Crippen molar-refractivity contribution in [2.45, 2.75) is 270 Å². The summed E-state index contributed by atoms with van der Waals surface area (Å²) in [6.07, 6.45) is 55.1. The molecule has 0 aromatic carbocycles. The first-order chi connectivity index (χ1) is 42.5. The Morgan fingerprint density at radius 3 is 0.988 bits per heavy atom. The summed E-state index contributed by atoms with van der Waals surface area (Å²) < 4.78 is 12.4. The second-order valence-corrected chi connectivity index (χ2v) is 24.4. The van der Waals surface area contributed by atoms with Crippen LogP contribution in [-0.4, -0.2) is 178 Å². The summed E-state index contributed by atoms with van der Waals surface area (Å²) in [4.78, 5) is 31.8. The van der Waals surface area contributed by atoms with E-state index in [0.717, 1.165) is 143 Å². The lowest BCUT2D eigenvalue weighted by atomic mass is 10.1. The molecule has 0 radical (unpaired) electrons. The summed E-state index contributed by atoms with van der Waals surface area (Å²) in [6, 6.07) is -0.420. The fraction of sp³-hybridized carbons (Fsp3) is 0.914. The summed E-state index contributed by atoms with van der Waals surface area (Å²) in [5.74, 6) is 0.172. The Kier molecular flexibility index (Phi) is 70.3. The summed E-state index contributed by atoms with van der Waals surface area (Å²) >= 11 is 0. The van der Waals surface area contributed by atoms with Gasteiger partial charge in [0.05, 0.1) is 38.5 Å². The SMILES string of the molecule is CCCCCCCC/C=C/CCCCCCCCN(CCCNC(=O)C(CCCNCCCN)NCCCN)CCOCCOCCN(CCCCCCCC/C=C/CCCCCCCC)CCCNC(=O)C(CCCNCCCN)NCCCN. The first-order valence-corrected chi connectivity index (χ1v) is 36.6. The van der Waals surface area contributed by atoms with E-state index in [4.69, 9.17) is 32.4 Å². The molecule has 0 heterocycles. The number of ether oxygens (including phenoxy) is 2. The fourth-order valence-electron chi connectivity index (χ4n) is 10.8. The van der Waals surface area contributed by atoms with Crippen LogP contribution in [0.15, 0.2) is 24.3 Å². The van der Waals surface area contributed by atoms with Crippen LogP contribution in [0.25, 0.3) is 0 Å². The Balaban J connectivity index is 5.20. The molecule has 0 saturated carbocycles. The van der Waals surface area contributed by atoms with Gasteiger partial charge in [-0.15, -0.1) is 0 Å². The first kappa shape index (κ1) is 83.9. The predicted molar refractivity (Wildman–Crippen MR) is 371 cm³/mol. The van der Waals surface area contributed by atoms with Gasteiger partial charge < -0.3 is 74.1 Å². The van der Waals surface area contributed by atoms with E-state index in [0.29, 0.717) is 65.7 Å². The number of carbonyl (C=O) groups excluding carboxylic acids is 2. The zero-order valence-corrected chi connectivity index (χ0v) is 56.7. The Bertz CT molecular complexity index is 1320. The van der Waals surface area contributed by atoms with Gasteiger partial charge in [0.1, 0.15) is 0 Å². The van der Waals surface area contributed by atoms with Gasteiger partial charge in [-0.1, -0.05) is 154 Å². The average Bonchev–Trinajstić information content (AvgIpc) is 3.59. The van der Waals surface area contributed by atoms with Crippen molar-refractivity contribution in [2.24, 2.45) is 22.9 Å². The van der Waals surface area contributed by atoms with Crippen LogP contribution in [-0.2, 0) is 19.1 Å². The molecular weight excluding hydrogens is 1070 g/mol. The molecule has 0 aromatic rings. The Morgan fingerprint density at radius 2 is 0.640 bits per heavy atom. The van der Waals surface area contributed by atoms with E-state index >= 15 is 0 Å². The normalized spacial score (nSPS) is 12.7. The predicted octanol–water partition coefficient (Wildman–Crippen LogP) is 10.8. The summed E-state index contributed by atoms with van der Waals surface area (Å²) in [7, 11) is 0. The number of nitrogens with zero attached hydrogens (tertiary/aromatic N) is 2. The van der Waals surface area contributed by atoms with Crippen LogP contribution in [0.5, 0.6) is 0 Å². The maximum absolute atomic E-state index is 13.4. The van der Waals surface area contributed by atoms with Crippen molar-refractivity contribution in [3.8, 4) is 0 Å². The molecule has 0 aromatic heterocycles. The monoisotopic (exact) mass is 1220 g/mol. The molecule has 0 rings (SSSR count). The van der Waals surface area contributed by atoms with Gasteiger partial charge in [-0.3, -0.25) is 9.59 Å². The van der Waals surface area contributed by atoms with Crippen LogP contribution in [0.2, 0.25) is 0 Å². The lowest BCUT2D eigenvalue weighted by molar-refractivity contribution is -0.124. The maximum Gasteiger partial charge on any atom is 0.237 e. The van der Waals surface area contributed by atoms with Gasteiger partial charge in [-0.25, -0.2) is 0 Å². The molecular formula is C70H146N12O4. The molecule has 0 saturated heterocycles. The molecule has 0 aliphatic rings. The summed E-state index contributed by atoms with van der Waals surface area (Å²) in [5, 5.41) is 20.3. The van der Waals surface area contributed by atoms with Crippen LogP contribution in [0, 0.1) is 0 Å². The van der Waals surface area contributed by atoms with Gasteiger partial charge >= 0.3 is 0 Å². The van der Waals surface area contributed by atoms with Crippen molar-refractivity contribution in [3.63, 3.8) is 0 Å². The van der Waals surface area contributed by atoms with Gasteiger partial charge in [0.25, 0.3) is 0 Å². The van der Waals surface area contributed by atoms with Crippen molar-refractivity contribution < 1.29 is 19.1 Å². The summed E-state index contributed by atoms with van der Waals surface area (Å²) in [6.45, 7) is 21.7. The zero-order chi connectivity index (χ0) is 62.4. The van der Waals surface area contributed by atoms with Crippen LogP contribution in [0.1, 0.15) is 258 Å². The van der Waals surface area contributed by atoms with E-state index in [9.17, 15) is 9.59 Å². The van der Waals surface area contributed by atoms with Gasteiger partial charge in [0, 0.05) is 26.2 Å². The third-order valence-corrected chi connectivity index (χ3v) is 16.3. The third kappa shape index (κ3) is 62.1. The Labute approximate surface area is 531 Å². The molecule has 0 aliphatic heterocycles. The van der Waals surface area contributed by atoms with E-state index < -0.39 is 0 Å². The smallest absolute Gasteiger partial charge is 0.237 e. The molecule has 86 heavy (non-hydrogen) atoms. The largest absolute Gasteiger partial charge is 0.378 e. The molecule has 2 unspecified atom stereocenters. The first-order valence-electron chi connectivity index (χ1n) is 36.6. The number of rotatable bonds is 73. The minimum absolute atomic E-state index is 0.0861. The number of carbonyl (C=O) groups is 2. The van der Waals surface area contributed by atoms with Gasteiger partial charge in [0.15, 0.2) is 0 Å². The quantitative estimate of drug-likeness (QED) is 0.0202. The van der Waals surface area contributed by atoms with E-state index in [1.807, 2.05) is 0 Å².